The first-order valence-corrected chi connectivity index (χ1v) is 5.18. The van der Waals surface area contributed by atoms with Gasteiger partial charge in [0.25, 0.3) is 0 Å². The van der Waals surface area contributed by atoms with Gasteiger partial charge in [0.1, 0.15) is 6.23 Å². The number of aliphatic hydroxyl groups is 1. The number of ether oxygens (including phenoxy) is 1. The zero-order valence-electron chi connectivity index (χ0n) is 9.29. The second-order valence-corrected chi connectivity index (χ2v) is 3.23. The Kier molecular flexibility index (Phi) is 7.23. The molecule has 0 aliphatic carbocycles. The molecular weight excluding hydrogens is 166 g/mol. The minimum Gasteiger partial charge on any atom is -0.378 e. The number of likely N-dealkylation sites (N-methyl/N-ethyl adjacent to an activating group) is 1. The van der Waals surface area contributed by atoms with Crippen LogP contribution in [-0.4, -0.2) is 42.0 Å². The molecule has 80 valence electrons. The van der Waals surface area contributed by atoms with Crippen molar-refractivity contribution in [1.82, 2.24) is 4.90 Å². The lowest BCUT2D eigenvalue weighted by Crippen LogP contribution is -2.43. The molecule has 0 amide bonds. The molecule has 0 spiro atoms. The summed E-state index contributed by atoms with van der Waals surface area (Å²) < 4.78 is 5.18. The predicted octanol–water partition coefficient (Wildman–Crippen LogP) is 1.46. The summed E-state index contributed by atoms with van der Waals surface area (Å²) in [5.74, 6) is 0. The lowest BCUT2D eigenvalue weighted by Gasteiger charge is -2.31. The zero-order valence-corrected chi connectivity index (χ0v) is 9.29. The van der Waals surface area contributed by atoms with Gasteiger partial charge in [-0.1, -0.05) is 13.8 Å². The molecule has 0 aliphatic rings. The average molecular weight is 189 g/mol. The van der Waals surface area contributed by atoms with Gasteiger partial charge < -0.3 is 9.84 Å². The molecule has 0 saturated carbocycles. The Morgan fingerprint density at radius 1 is 1.31 bits per heavy atom. The second kappa shape index (κ2) is 7.30. The summed E-state index contributed by atoms with van der Waals surface area (Å²) in [5.41, 5.74) is 0. The van der Waals surface area contributed by atoms with Crippen LogP contribution in [0.15, 0.2) is 0 Å². The van der Waals surface area contributed by atoms with E-state index in [0.29, 0.717) is 19.3 Å². The fourth-order valence-electron chi connectivity index (χ4n) is 1.37. The molecule has 0 fully saturated rings. The van der Waals surface area contributed by atoms with Crippen molar-refractivity contribution in [2.24, 2.45) is 0 Å². The Morgan fingerprint density at radius 3 is 2.31 bits per heavy atom. The SMILES string of the molecule is CCOCC(O)N(CC)C(C)CC. The molecule has 0 bridgehead atoms. The number of nitrogens with zero attached hydrogens (tertiary/aromatic N) is 1. The summed E-state index contributed by atoms with van der Waals surface area (Å²) in [6, 6.07) is 0.417. The quantitative estimate of drug-likeness (QED) is 0.615. The van der Waals surface area contributed by atoms with E-state index in [9.17, 15) is 5.11 Å². The molecule has 13 heavy (non-hydrogen) atoms. The van der Waals surface area contributed by atoms with E-state index in [1.165, 1.54) is 0 Å². The van der Waals surface area contributed by atoms with Crippen molar-refractivity contribution in [3.05, 3.63) is 0 Å². The van der Waals surface area contributed by atoms with E-state index in [1.807, 2.05) is 6.92 Å². The Morgan fingerprint density at radius 2 is 1.92 bits per heavy atom. The van der Waals surface area contributed by atoms with E-state index >= 15 is 0 Å². The van der Waals surface area contributed by atoms with Crippen LogP contribution >= 0.6 is 0 Å². The van der Waals surface area contributed by atoms with Gasteiger partial charge in [-0.3, -0.25) is 4.90 Å². The largest absolute Gasteiger partial charge is 0.378 e. The van der Waals surface area contributed by atoms with Crippen LogP contribution in [0.5, 0.6) is 0 Å². The predicted molar refractivity (Wildman–Crippen MR) is 54.6 cm³/mol. The minimum absolute atomic E-state index is 0.411. The van der Waals surface area contributed by atoms with Gasteiger partial charge in [0.05, 0.1) is 6.61 Å². The fourth-order valence-corrected chi connectivity index (χ4v) is 1.37. The van der Waals surface area contributed by atoms with Gasteiger partial charge in [0, 0.05) is 12.6 Å². The number of hydrogen-bond donors (Lipinski definition) is 1. The van der Waals surface area contributed by atoms with E-state index < -0.39 is 6.23 Å². The first kappa shape index (κ1) is 12.9. The highest BCUT2D eigenvalue weighted by molar-refractivity contribution is 4.66. The van der Waals surface area contributed by atoms with E-state index in [2.05, 4.69) is 25.7 Å². The van der Waals surface area contributed by atoms with Gasteiger partial charge >= 0.3 is 0 Å². The van der Waals surface area contributed by atoms with Gasteiger partial charge in [0.15, 0.2) is 0 Å². The normalized spacial score (nSPS) is 16.2. The second-order valence-electron chi connectivity index (χ2n) is 3.23. The van der Waals surface area contributed by atoms with Crippen LogP contribution in [0.2, 0.25) is 0 Å². The van der Waals surface area contributed by atoms with E-state index in [4.69, 9.17) is 4.74 Å². The lowest BCUT2D eigenvalue weighted by atomic mass is 10.2. The number of rotatable bonds is 7. The van der Waals surface area contributed by atoms with Gasteiger partial charge in [-0.05, 0) is 26.8 Å². The third-order valence-corrected chi connectivity index (χ3v) is 2.38. The molecule has 0 rings (SSSR count). The van der Waals surface area contributed by atoms with Crippen LogP contribution < -0.4 is 0 Å². The van der Waals surface area contributed by atoms with Crippen molar-refractivity contribution in [2.45, 2.75) is 46.4 Å². The molecule has 2 atom stereocenters. The average Bonchev–Trinajstić information content (AvgIpc) is 2.15. The maximum Gasteiger partial charge on any atom is 0.131 e. The zero-order chi connectivity index (χ0) is 10.3. The molecule has 0 radical (unpaired) electrons. The molecule has 0 aromatic heterocycles. The molecule has 2 unspecified atom stereocenters. The summed E-state index contributed by atoms with van der Waals surface area (Å²) >= 11 is 0. The molecule has 0 saturated heterocycles. The summed E-state index contributed by atoms with van der Waals surface area (Å²) in [6.45, 7) is 10.2. The van der Waals surface area contributed by atoms with Crippen molar-refractivity contribution in [1.29, 1.82) is 0 Å². The van der Waals surface area contributed by atoms with Gasteiger partial charge in [-0.2, -0.15) is 0 Å². The van der Waals surface area contributed by atoms with Crippen LogP contribution in [0.4, 0.5) is 0 Å². The van der Waals surface area contributed by atoms with Crippen LogP contribution in [0.3, 0.4) is 0 Å². The molecule has 0 aromatic carbocycles. The highest BCUT2D eigenvalue weighted by atomic mass is 16.5. The van der Waals surface area contributed by atoms with Crippen molar-refractivity contribution >= 4 is 0 Å². The number of aliphatic hydroxyl groups excluding tert-OH is 1. The topological polar surface area (TPSA) is 32.7 Å². The molecule has 0 heterocycles. The van der Waals surface area contributed by atoms with Gasteiger partial charge in [-0.15, -0.1) is 0 Å². The van der Waals surface area contributed by atoms with E-state index in [1.54, 1.807) is 0 Å². The van der Waals surface area contributed by atoms with Gasteiger partial charge in [-0.25, -0.2) is 0 Å². The Bertz CT molecular complexity index is 119. The Hall–Kier alpha value is -0.120. The van der Waals surface area contributed by atoms with Crippen LogP contribution in [0, 0.1) is 0 Å². The smallest absolute Gasteiger partial charge is 0.131 e. The molecular formula is C10H23NO2. The molecule has 1 N–H and O–H groups in total. The highest BCUT2D eigenvalue weighted by Crippen LogP contribution is 2.06. The van der Waals surface area contributed by atoms with Crippen molar-refractivity contribution in [3.8, 4) is 0 Å². The lowest BCUT2D eigenvalue weighted by molar-refractivity contribution is -0.0704. The molecule has 0 aliphatic heterocycles. The summed E-state index contributed by atoms with van der Waals surface area (Å²) in [7, 11) is 0. The van der Waals surface area contributed by atoms with Crippen molar-refractivity contribution in [2.75, 3.05) is 19.8 Å². The first-order valence-electron chi connectivity index (χ1n) is 5.18. The standard InChI is InChI=1S/C10H23NO2/c1-5-9(4)11(6-2)10(12)8-13-7-3/h9-10,12H,5-8H2,1-4H3. The minimum atomic E-state index is -0.458. The Balaban J connectivity index is 3.90. The maximum absolute atomic E-state index is 9.74. The van der Waals surface area contributed by atoms with E-state index in [-0.39, 0.29) is 0 Å². The monoisotopic (exact) mass is 189 g/mol. The van der Waals surface area contributed by atoms with Crippen LogP contribution in [0.1, 0.15) is 34.1 Å². The van der Waals surface area contributed by atoms with Crippen molar-refractivity contribution in [3.63, 3.8) is 0 Å². The fraction of sp³-hybridized carbons (Fsp3) is 1.00. The summed E-state index contributed by atoms with van der Waals surface area (Å²) in [5, 5.41) is 9.74. The molecule has 3 heteroatoms. The van der Waals surface area contributed by atoms with Crippen LogP contribution in [-0.2, 0) is 4.74 Å². The number of hydrogen-bond acceptors (Lipinski definition) is 3. The molecule has 0 aromatic rings. The summed E-state index contributed by atoms with van der Waals surface area (Å²) in [6.07, 6.45) is 0.594. The maximum atomic E-state index is 9.74. The summed E-state index contributed by atoms with van der Waals surface area (Å²) in [4.78, 5) is 2.05. The van der Waals surface area contributed by atoms with Crippen molar-refractivity contribution < 1.29 is 9.84 Å². The molecule has 3 nitrogen and oxygen atoms in total. The third-order valence-electron chi connectivity index (χ3n) is 2.38. The highest BCUT2D eigenvalue weighted by Gasteiger charge is 2.18. The van der Waals surface area contributed by atoms with Crippen LogP contribution in [0.25, 0.3) is 0 Å². The van der Waals surface area contributed by atoms with Gasteiger partial charge in [0.2, 0.25) is 0 Å². The first-order chi connectivity index (χ1) is 6.17. The third kappa shape index (κ3) is 4.60. The Labute approximate surface area is 81.7 Å². The van der Waals surface area contributed by atoms with E-state index in [0.717, 1.165) is 13.0 Å².